The number of aryl methyl sites for hydroxylation is 1. The molecule has 212 valence electrons. The molecule has 0 saturated heterocycles. The van der Waals surface area contributed by atoms with E-state index in [1.807, 2.05) is 44.9 Å². The Bertz CT molecular complexity index is 1600. The molecule has 1 heterocycles. The highest BCUT2D eigenvalue weighted by Gasteiger charge is 2.43. The molecular weight excluding hydrogens is 535 g/mol. The summed E-state index contributed by atoms with van der Waals surface area (Å²) in [5, 5.41) is -0.469. The molecule has 0 spiro atoms. The first-order valence-corrected chi connectivity index (χ1v) is 14.5. The second kappa shape index (κ2) is 9.99. The molecule has 0 aromatic heterocycles. The summed E-state index contributed by atoms with van der Waals surface area (Å²) in [4.78, 5) is 17.0. The summed E-state index contributed by atoms with van der Waals surface area (Å²) in [6, 6.07) is 13.1. The zero-order chi connectivity index (χ0) is 29.0. The van der Waals surface area contributed by atoms with Crippen molar-refractivity contribution in [1.29, 1.82) is 0 Å². The fourth-order valence-electron chi connectivity index (χ4n) is 5.01. The van der Waals surface area contributed by atoms with Crippen molar-refractivity contribution in [3.8, 4) is 28.4 Å². The first-order chi connectivity index (χ1) is 18.8. The Hall–Kier alpha value is -3.79. The van der Waals surface area contributed by atoms with E-state index in [1.54, 1.807) is 36.2 Å². The number of hydrogen-bond donors (Lipinski definition) is 0. The molecule has 1 aliphatic carbocycles. The van der Waals surface area contributed by atoms with Crippen LogP contribution < -0.4 is 23.5 Å². The molecule has 0 atom stereocenters. The maximum atomic E-state index is 14.0. The Morgan fingerprint density at radius 3 is 2.38 bits per heavy atom. The lowest BCUT2D eigenvalue weighted by molar-refractivity contribution is -0.122. The van der Waals surface area contributed by atoms with Gasteiger partial charge >= 0.3 is 10.1 Å². The first kappa shape index (κ1) is 27.8. The van der Waals surface area contributed by atoms with Gasteiger partial charge in [-0.3, -0.25) is 4.79 Å². The smallest absolute Gasteiger partial charge is 0.312 e. The largest absolute Gasteiger partial charge is 0.496 e. The van der Waals surface area contributed by atoms with Crippen molar-refractivity contribution in [3.63, 3.8) is 0 Å². The van der Waals surface area contributed by atoms with Crippen LogP contribution in [0.25, 0.3) is 11.1 Å². The third-order valence-corrected chi connectivity index (χ3v) is 9.47. The van der Waals surface area contributed by atoms with Crippen molar-refractivity contribution in [1.82, 2.24) is 0 Å². The van der Waals surface area contributed by atoms with E-state index in [-0.39, 0.29) is 18.3 Å². The molecule has 1 amide bonds. The van der Waals surface area contributed by atoms with Crippen LogP contribution in [0.2, 0.25) is 0 Å². The van der Waals surface area contributed by atoms with Gasteiger partial charge in [0.1, 0.15) is 35.2 Å². The van der Waals surface area contributed by atoms with Crippen molar-refractivity contribution in [2.24, 2.45) is 0 Å². The quantitative estimate of drug-likeness (QED) is 0.334. The van der Waals surface area contributed by atoms with Gasteiger partial charge in [0, 0.05) is 37.4 Å². The number of carbonyl (C=O) groups is 1. The van der Waals surface area contributed by atoms with Crippen molar-refractivity contribution in [3.05, 3.63) is 65.5 Å². The number of likely N-dealkylation sites (N-methyl/N-ethyl adjacent to an activating group) is 2. The number of carbonyl (C=O) groups excluding carboxylic acids is 1. The van der Waals surface area contributed by atoms with Gasteiger partial charge in [0.25, 0.3) is 5.91 Å². The van der Waals surface area contributed by atoms with Crippen molar-refractivity contribution >= 4 is 27.4 Å². The SMILES string of the molecule is COc1cc(OS(=O)(=O)C2CC2)ccc1-c1ccc2c(c1COc1cc(F)ccc1C)N(C)C(=O)C(C)(C)N2C. The minimum atomic E-state index is -3.70. The topological polar surface area (TPSA) is 85.4 Å². The van der Waals surface area contributed by atoms with Gasteiger partial charge in [0.15, 0.2) is 0 Å². The van der Waals surface area contributed by atoms with Crippen LogP contribution in [0.5, 0.6) is 17.2 Å². The number of fused-ring (bicyclic) bond motifs is 1. The van der Waals surface area contributed by atoms with Gasteiger partial charge in [-0.2, -0.15) is 8.42 Å². The van der Waals surface area contributed by atoms with Gasteiger partial charge in [-0.25, -0.2) is 4.39 Å². The Kier molecular flexibility index (Phi) is 6.94. The predicted octanol–water partition coefficient (Wildman–Crippen LogP) is 5.45. The van der Waals surface area contributed by atoms with Gasteiger partial charge < -0.3 is 23.5 Å². The second-order valence-electron chi connectivity index (χ2n) is 10.8. The van der Waals surface area contributed by atoms with E-state index in [4.69, 9.17) is 13.7 Å². The van der Waals surface area contributed by atoms with Crippen molar-refractivity contribution < 1.29 is 31.3 Å². The molecule has 0 bridgehead atoms. The number of hydrogen-bond acceptors (Lipinski definition) is 7. The van der Waals surface area contributed by atoms with Crippen LogP contribution in [-0.4, -0.2) is 46.3 Å². The second-order valence-corrected chi connectivity index (χ2v) is 12.6. The van der Waals surface area contributed by atoms with E-state index in [2.05, 4.69) is 0 Å². The standard InChI is InChI=1S/C30H33FN2O6S/c1-18-7-8-19(31)15-26(18)38-17-24-22(13-14-25-28(24)32(4)29(34)30(2,3)33(25)5)23-12-9-20(16-27(23)37-6)39-40(35,36)21-10-11-21/h7-9,12-16,21H,10-11,17H2,1-6H3. The maximum Gasteiger partial charge on any atom is 0.312 e. The van der Waals surface area contributed by atoms with E-state index in [0.717, 1.165) is 11.3 Å². The molecule has 40 heavy (non-hydrogen) atoms. The van der Waals surface area contributed by atoms with E-state index in [9.17, 15) is 17.6 Å². The molecule has 0 unspecified atom stereocenters. The summed E-state index contributed by atoms with van der Waals surface area (Å²) >= 11 is 0. The lowest BCUT2D eigenvalue weighted by atomic mass is 9.90. The van der Waals surface area contributed by atoms with Crippen LogP contribution in [-0.2, 0) is 21.5 Å². The molecule has 2 aliphatic rings. The molecule has 1 saturated carbocycles. The van der Waals surface area contributed by atoms with Crippen LogP contribution >= 0.6 is 0 Å². The minimum Gasteiger partial charge on any atom is -0.496 e. The number of nitrogens with zero attached hydrogens (tertiary/aromatic N) is 2. The lowest BCUT2D eigenvalue weighted by Gasteiger charge is -2.46. The number of methoxy groups -OCH3 is 1. The van der Waals surface area contributed by atoms with Crippen LogP contribution in [0.4, 0.5) is 15.8 Å². The molecular formula is C30H33FN2O6S. The fraction of sp³-hybridized carbons (Fsp3) is 0.367. The monoisotopic (exact) mass is 568 g/mol. The summed E-state index contributed by atoms with van der Waals surface area (Å²) in [5.41, 5.74) is 3.56. The van der Waals surface area contributed by atoms with Gasteiger partial charge in [-0.15, -0.1) is 0 Å². The lowest BCUT2D eigenvalue weighted by Crippen LogP contribution is -2.58. The third kappa shape index (κ3) is 4.85. The van der Waals surface area contributed by atoms with E-state index in [0.29, 0.717) is 46.7 Å². The Balaban J connectivity index is 1.64. The minimum absolute atomic E-state index is 0.0339. The Morgan fingerprint density at radius 2 is 1.70 bits per heavy atom. The number of halogens is 1. The fourth-order valence-corrected chi connectivity index (χ4v) is 6.23. The number of benzene rings is 3. The zero-order valence-corrected chi connectivity index (χ0v) is 24.3. The molecule has 3 aromatic rings. The van der Waals surface area contributed by atoms with E-state index >= 15 is 0 Å². The summed E-state index contributed by atoms with van der Waals surface area (Å²) in [7, 11) is 1.40. The van der Waals surface area contributed by atoms with Crippen LogP contribution in [0, 0.1) is 12.7 Å². The van der Waals surface area contributed by atoms with Crippen molar-refractivity contribution in [2.75, 3.05) is 31.0 Å². The number of amides is 1. The molecule has 3 aromatic carbocycles. The highest BCUT2D eigenvalue weighted by Crippen LogP contribution is 2.47. The van der Waals surface area contributed by atoms with Crippen LogP contribution in [0.1, 0.15) is 37.8 Å². The third-order valence-electron chi connectivity index (χ3n) is 7.76. The molecule has 0 N–H and O–H groups in total. The molecule has 1 aliphatic heterocycles. The molecule has 10 heteroatoms. The average molecular weight is 569 g/mol. The normalized spacial score (nSPS) is 16.5. The van der Waals surface area contributed by atoms with Crippen molar-refractivity contribution in [2.45, 2.75) is 51.0 Å². The van der Waals surface area contributed by atoms with E-state index in [1.165, 1.54) is 19.2 Å². The average Bonchev–Trinajstić information content (AvgIpc) is 3.77. The number of anilines is 2. The van der Waals surface area contributed by atoms with Gasteiger partial charge in [0.05, 0.1) is 23.7 Å². The predicted molar refractivity (Wildman–Crippen MR) is 152 cm³/mol. The van der Waals surface area contributed by atoms with Gasteiger partial charge in [-0.05, 0) is 69.0 Å². The van der Waals surface area contributed by atoms with Gasteiger partial charge in [-0.1, -0.05) is 12.1 Å². The Labute approximate surface area is 234 Å². The molecule has 5 rings (SSSR count). The number of rotatable bonds is 8. The Morgan fingerprint density at radius 1 is 1.00 bits per heavy atom. The maximum absolute atomic E-state index is 14.0. The zero-order valence-electron chi connectivity index (χ0n) is 23.4. The first-order valence-electron chi connectivity index (χ1n) is 13.0. The molecule has 8 nitrogen and oxygen atoms in total. The molecule has 1 fully saturated rings. The highest BCUT2D eigenvalue weighted by atomic mass is 32.2. The molecule has 0 radical (unpaired) electrons. The van der Waals surface area contributed by atoms with E-state index < -0.39 is 26.7 Å². The van der Waals surface area contributed by atoms with Crippen LogP contribution in [0.3, 0.4) is 0 Å². The summed E-state index contributed by atoms with van der Waals surface area (Å²) in [6.45, 7) is 5.60. The summed E-state index contributed by atoms with van der Waals surface area (Å²) < 4.78 is 56.0. The van der Waals surface area contributed by atoms with Gasteiger partial charge in [0.2, 0.25) is 0 Å². The summed E-state index contributed by atoms with van der Waals surface area (Å²) in [6.07, 6.45) is 1.19. The van der Waals surface area contributed by atoms with Crippen LogP contribution in [0.15, 0.2) is 48.5 Å². The summed E-state index contributed by atoms with van der Waals surface area (Å²) in [5.74, 6) is 0.437. The highest BCUT2D eigenvalue weighted by molar-refractivity contribution is 7.88. The number of ether oxygens (including phenoxy) is 2.